The first-order chi connectivity index (χ1) is 5.15. The van der Waals surface area contributed by atoms with Crippen molar-refractivity contribution >= 4 is 31.9 Å². The van der Waals surface area contributed by atoms with E-state index in [1.54, 1.807) is 6.07 Å². The zero-order valence-corrected chi connectivity index (χ0v) is 9.15. The van der Waals surface area contributed by atoms with Gasteiger partial charge < -0.3 is 9.52 Å². The van der Waals surface area contributed by atoms with E-state index in [2.05, 4.69) is 31.9 Å². The summed E-state index contributed by atoms with van der Waals surface area (Å²) in [6.07, 6.45) is 0.157. The van der Waals surface area contributed by atoms with Gasteiger partial charge >= 0.3 is 0 Å². The monoisotopic (exact) mass is 282 g/mol. The lowest BCUT2D eigenvalue weighted by atomic mass is 10.2. The van der Waals surface area contributed by atoms with Crippen molar-refractivity contribution in [1.29, 1.82) is 0 Å². The molecule has 62 valence electrons. The van der Waals surface area contributed by atoms with E-state index in [0.717, 1.165) is 4.47 Å². The molecule has 4 heteroatoms. The molecule has 0 fully saturated rings. The third kappa shape index (κ3) is 2.07. The van der Waals surface area contributed by atoms with Crippen molar-refractivity contribution in [2.45, 2.75) is 19.4 Å². The van der Waals surface area contributed by atoms with Crippen molar-refractivity contribution in [3.05, 3.63) is 21.0 Å². The van der Waals surface area contributed by atoms with E-state index in [-0.39, 0.29) is 0 Å². The lowest BCUT2D eigenvalue weighted by molar-refractivity contribution is 0.144. The number of halogens is 2. The minimum atomic E-state index is -0.502. The predicted octanol–water partition coefficient (Wildman–Crippen LogP) is 3.25. The third-order valence-corrected chi connectivity index (χ3v) is 3.09. The molecule has 0 amide bonds. The Hall–Kier alpha value is 0.200. The summed E-state index contributed by atoms with van der Waals surface area (Å²) in [5.74, 6) is 0.589. The SMILES string of the molecule is CCC(O)c1cc(Br)c(Br)o1. The largest absolute Gasteiger partial charge is 0.450 e. The van der Waals surface area contributed by atoms with Crippen molar-refractivity contribution in [2.75, 3.05) is 0 Å². The van der Waals surface area contributed by atoms with Crippen LogP contribution in [0.15, 0.2) is 19.6 Å². The summed E-state index contributed by atoms with van der Waals surface area (Å²) < 4.78 is 6.65. The standard InChI is InChI=1S/C7H8Br2O2/c1-2-5(10)6-3-4(8)7(9)11-6/h3,5,10H,2H2,1H3. The van der Waals surface area contributed by atoms with Gasteiger partial charge in [0.2, 0.25) is 0 Å². The van der Waals surface area contributed by atoms with Crippen molar-refractivity contribution in [3.63, 3.8) is 0 Å². The normalized spacial score (nSPS) is 13.5. The first-order valence-corrected chi connectivity index (χ1v) is 4.86. The number of rotatable bonds is 2. The van der Waals surface area contributed by atoms with E-state index in [0.29, 0.717) is 16.9 Å². The highest BCUT2D eigenvalue weighted by Crippen LogP contribution is 2.30. The molecule has 1 aromatic heterocycles. The van der Waals surface area contributed by atoms with Crippen LogP contribution in [0.4, 0.5) is 0 Å². The van der Waals surface area contributed by atoms with Crippen LogP contribution in [0.1, 0.15) is 25.2 Å². The van der Waals surface area contributed by atoms with Gasteiger partial charge in [0, 0.05) is 0 Å². The maximum atomic E-state index is 9.33. The van der Waals surface area contributed by atoms with Crippen LogP contribution in [-0.4, -0.2) is 5.11 Å². The molecule has 1 unspecified atom stereocenters. The van der Waals surface area contributed by atoms with Gasteiger partial charge in [-0.15, -0.1) is 0 Å². The van der Waals surface area contributed by atoms with E-state index in [1.165, 1.54) is 0 Å². The highest BCUT2D eigenvalue weighted by Gasteiger charge is 2.12. The first kappa shape index (κ1) is 9.29. The molecule has 11 heavy (non-hydrogen) atoms. The molecule has 1 heterocycles. The maximum absolute atomic E-state index is 9.33. The molecule has 0 radical (unpaired) electrons. The van der Waals surface area contributed by atoms with Crippen LogP contribution in [0.5, 0.6) is 0 Å². The van der Waals surface area contributed by atoms with Gasteiger partial charge in [-0.25, -0.2) is 0 Å². The Bertz CT molecular complexity index is 225. The molecule has 2 nitrogen and oxygen atoms in total. The molecule has 0 spiro atoms. The van der Waals surface area contributed by atoms with E-state index < -0.39 is 6.10 Å². The number of furan rings is 1. The first-order valence-electron chi connectivity index (χ1n) is 3.28. The number of aliphatic hydroxyl groups excluding tert-OH is 1. The van der Waals surface area contributed by atoms with Gasteiger partial charge in [0.25, 0.3) is 0 Å². The Kier molecular flexibility index (Phi) is 3.16. The average molecular weight is 284 g/mol. The van der Waals surface area contributed by atoms with Crippen molar-refractivity contribution in [2.24, 2.45) is 0 Å². The van der Waals surface area contributed by atoms with Crippen molar-refractivity contribution in [1.82, 2.24) is 0 Å². The lowest BCUT2D eigenvalue weighted by Gasteiger charge is -2.00. The maximum Gasteiger partial charge on any atom is 0.183 e. The van der Waals surface area contributed by atoms with Crippen molar-refractivity contribution in [3.8, 4) is 0 Å². The average Bonchev–Trinajstić information content (AvgIpc) is 2.31. The summed E-state index contributed by atoms with van der Waals surface area (Å²) in [5, 5.41) is 9.33. The zero-order chi connectivity index (χ0) is 8.43. The van der Waals surface area contributed by atoms with Crippen LogP contribution in [0.25, 0.3) is 0 Å². The summed E-state index contributed by atoms with van der Waals surface area (Å²) in [5.41, 5.74) is 0. The summed E-state index contributed by atoms with van der Waals surface area (Å²) in [4.78, 5) is 0. The lowest BCUT2D eigenvalue weighted by Crippen LogP contribution is -1.91. The number of aliphatic hydroxyl groups is 1. The minimum absolute atomic E-state index is 0.502. The fraction of sp³-hybridized carbons (Fsp3) is 0.429. The van der Waals surface area contributed by atoms with Gasteiger partial charge in [-0.05, 0) is 44.3 Å². The molecule has 0 saturated carbocycles. The van der Waals surface area contributed by atoms with Crippen LogP contribution in [-0.2, 0) is 0 Å². The van der Waals surface area contributed by atoms with E-state index in [9.17, 15) is 5.11 Å². The highest BCUT2D eigenvalue weighted by molar-refractivity contribution is 9.13. The van der Waals surface area contributed by atoms with Gasteiger partial charge in [0.15, 0.2) is 4.67 Å². The molecular weight excluding hydrogens is 276 g/mol. The molecule has 0 bridgehead atoms. The topological polar surface area (TPSA) is 33.4 Å². The zero-order valence-electron chi connectivity index (χ0n) is 5.97. The summed E-state index contributed by atoms with van der Waals surface area (Å²) in [6.45, 7) is 1.90. The van der Waals surface area contributed by atoms with E-state index in [4.69, 9.17) is 4.42 Å². The third-order valence-electron chi connectivity index (χ3n) is 1.38. The summed E-state index contributed by atoms with van der Waals surface area (Å²) in [7, 11) is 0. The second-order valence-corrected chi connectivity index (χ2v) is 3.77. The van der Waals surface area contributed by atoms with E-state index >= 15 is 0 Å². The molecule has 0 saturated heterocycles. The summed E-state index contributed by atoms with van der Waals surface area (Å²) >= 11 is 6.45. The van der Waals surface area contributed by atoms with Gasteiger partial charge in [0.1, 0.15) is 11.9 Å². The van der Waals surface area contributed by atoms with Crippen LogP contribution in [0.3, 0.4) is 0 Å². The fourth-order valence-electron chi connectivity index (χ4n) is 0.729. The van der Waals surface area contributed by atoms with Crippen LogP contribution in [0.2, 0.25) is 0 Å². The Morgan fingerprint density at radius 1 is 1.64 bits per heavy atom. The fourth-order valence-corrected chi connectivity index (χ4v) is 1.34. The van der Waals surface area contributed by atoms with Gasteiger partial charge in [-0.1, -0.05) is 6.92 Å². The minimum Gasteiger partial charge on any atom is -0.450 e. The molecule has 0 aliphatic carbocycles. The Balaban J connectivity index is 2.88. The second-order valence-electron chi connectivity index (χ2n) is 2.19. The summed E-state index contributed by atoms with van der Waals surface area (Å²) in [6, 6.07) is 1.76. The van der Waals surface area contributed by atoms with Crippen LogP contribution in [0, 0.1) is 0 Å². The Morgan fingerprint density at radius 3 is 2.64 bits per heavy atom. The smallest absolute Gasteiger partial charge is 0.183 e. The number of hydrogen-bond donors (Lipinski definition) is 1. The molecular formula is C7H8Br2O2. The van der Waals surface area contributed by atoms with Gasteiger partial charge in [-0.3, -0.25) is 0 Å². The highest BCUT2D eigenvalue weighted by atomic mass is 79.9. The van der Waals surface area contributed by atoms with Crippen LogP contribution >= 0.6 is 31.9 Å². The van der Waals surface area contributed by atoms with Crippen molar-refractivity contribution < 1.29 is 9.52 Å². The number of hydrogen-bond acceptors (Lipinski definition) is 2. The molecule has 1 rings (SSSR count). The molecule has 1 N–H and O–H groups in total. The second kappa shape index (κ2) is 3.74. The molecule has 0 aliphatic heterocycles. The Labute approximate surface area is 81.8 Å². The van der Waals surface area contributed by atoms with Crippen LogP contribution < -0.4 is 0 Å². The molecule has 0 aromatic carbocycles. The van der Waals surface area contributed by atoms with Gasteiger partial charge in [0.05, 0.1) is 4.47 Å². The van der Waals surface area contributed by atoms with E-state index in [1.807, 2.05) is 6.92 Å². The predicted molar refractivity (Wildman–Crippen MR) is 49.4 cm³/mol. The quantitative estimate of drug-likeness (QED) is 0.904. The van der Waals surface area contributed by atoms with Gasteiger partial charge in [-0.2, -0.15) is 0 Å². The molecule has 1 atom stereocenters. The molecule has 1 aromatic rings. The Morgan fingerprint density at radius 2 is 2.27 bits per heavy atom. The molecule has 0 aliphatic rings.